The number of hydrogen-bond donors (Lipinski definition) is 2. The number of anilines is 2. The minimum absolute atomic E-state index is 0.0338. The molecule has 2 amide bonds. The van der Waals surface area contributed by atoms with Crippen molar-refractivity contribution in [2.45, 2.75) is 20.8 Å². The van der Waals surface area contributed by atoms with Gasteiger partial charge in [0.05, 0.1) is 11.4 Å². The van der Waals surface area contributed by atoms with Gasteiger partial charge in [-0.3, -0.25) is 9.59 Å². The summed E-state index contributed by atoms with van der Waals surface area (Å²) >= 11 is 1.37. The molecule has 2 aromatic rings. The Morgan fingerprint density at radius 1 is 1.39 bits per heavy atom. The maximum absolute atomic E-state index is 12.0. The number of rotatable bonds is 2. The third kappa shape index (κ3) is 3.34. The van der Waals surface area contributed by atoms with Crippen LogP contribution >= 0.6 is 11.3 Å². The van der Waals surface area contributed by atoms with Crippen LogP contribution in [0.2, 0.25) is 0 Å². The molecule has 1 aliphatic rings. The highest BCUT2D eigenvalue weighted by molar-refractivity contribution is 7.14. The van der Waals surface area contributed by atoms with Gasteiger partial charge in [0.25, 0.3) is 5.91 Å². The number of thiazole rings is 1. The lowest BCUT2D eigenvalue weighted by atomic mass is 9.96. The highest BCUT2D eigenvalue weighted by Crippen LogP contribution is 2.34. The van der Waals surface area contributed by atoms with E-state index in [1.165, 1.54) is 11.3 Å². The van der Waals surface area contributed by atoms with E-state index in [-0.39, 0.29) is 18.4 Å². The molecular weight excluding hydrogens is 314 g/mol. The van der Waals surface area contributed by atoms with E-state index in [1.54, 1.807) is 6.07 Å². The molecule has 1 aromatic heterocycles. The van der Waals surface area contributed by atoms with Gasteiger partial charge in [-0.15, -0.1) is 11.3 Å². The van der Waals surface area contributed by atoms with Crippen molar-refractivity contribution >= 4 is 34.0 Å². The van der Waals surface area contributed by atoms with Crippen LogP contribution in [-0.2, 0) is 9.59 Å². The van der Waals surface area contributed by atoms with E-state index >= 15 is 0 Å². The Labute approximate surface area is 137 Å². The molecule has 7 heteroatoms. The number of ether oxygens (including phenoxy) is 1. The minimum Gasteiger partial charge on any atom is -0.482 e. The van der Waals surface area contributed by atoms with E-state index in [0.717, 1.165) is 11.3 Å². The fourth-order valence-corrected chi connectivity index (χ4v) is 2.71. The van der Waals surface area contributed by atoms with E-state index in [0.29, 0.717) is 16.6 Å². The van der Waals surface area contributed by atoms with Gasteiger partial charge in [0, 0.05) is 16.4 Å². The summed E-state index contributed by atoms with van der Waals surface area (Å²) in [6.07, 6.45) is 0. The number of nitrogens with zero attached hydrogens (tertiary/aromatic N) is 1. The van der Waals surface area contributed by atoms with Crippen molar-refractivity contribution in [2.24, 2.45) is 5.41 Å². The lowest BCUT2D eigenvalue weighted by molar-refractivity contribution is -0.123. The first-order valence-electron chi connectivity index (χ1n) is 7.17. The minimum atomic E-state index is -0.473. The average Bonchev–Trinajstić information content (AvgIpc) is 2.94. The third-order valence-corrected chi connectivity index (χ3v) is 4.07. The van der Waals surface area contributed by atoms with Crippen molar-refractivity contribution in [2.75, 3.05) is 17.2 Å². The molecule has 0 unspecified atom stereocenters. The zero-order valence-corrected chi connectivity index (χ0v) is 13.9. The molecule has 0 saturated carbocycles. The summed E-state index contributed by atoms with van der Waals surface area (Å²) in [5.41, 5.74) is 1.75. The molecule has 120 valence electrons. The van der Waals surface area contributed by atoms with Crippen LogP contribution in [0, 0.1) is 5.41 Å². The summed E-state index contributed by atoms with van der Waals surface area (Å²) in [6.45, 7) is 5.58. The zero-order chi connectivity index (χ0) is 16.6. The van der Waals surface area contributed by atoms with Crippen LogP contribution in [0.5, 0.6) is 5.75 Å². The molecule has 1 aliphatic heterocycles. The molecule has 23 heavy (non-hydrogen) atoms. The summed E-state index contributed by atoms with van der Waals surface area (Å²) in [7, 11) is 0. The SMILES string of the molecule is CC(C)(C)C(=O)Nc1nc(-c2ccc3c(c2)NC(=O)CO3)cs1. The van der Waals surface area contributed by atoms with Crippen LogP contribution in [0.4, 0.5) is 10.8 Å². The van der Waals surface area contributed by atoms with Crippen LogP contribution in [0.25, 0.3) is 11.3 Å². The van der Waals surface area contributed by atoms with Crippen molar-refractivity contribution in [3.63, 3.8) is 0 Å². The monoisotopic (exact) mass is 331 g/mol. The first-order chi connectivity index (χ1) is 10.8. The molecule has 2 heterocycles. The van der Waals surface area contributed by atoms with Gasteiger partial charge in [-0.25, -0.2) is 4.98 Å². The quantitative estimate of drug-likeness (QED) is 0.886. The Morgan fingerprint density at radius 2 is 2.17 bits per heavy atom. The van der Waals surface area contributed by atoms with Crippen molar-refractivity contribution in [1.29, 1.82) is 0 Å². The molecule has 6 nitrogen and oxygen atoms in total. The van der Waals surface area contributed by atoms with Gasteiger partial charge in [0.15, 0.2) is 11.7 Å². The molecule has 0 aliphatic carbocycles. The highest BCUT2D eigenvalue weighted by Gasteiger charge is 2.22. The second kappa shape index (κ2) is 5.66. The zero-order valence-electron chi connectivity index (χ0n) is 13.1. The smallest absolute Gasteiger partial charge is 0.262 e. The first-order valence-corrected chi connectivity index (χ1v) is 8.05. The predicted octanol–water partition coefficient (Wildman–Crippen LogP) is 3.13. The largest absolute Gasteiger partial charge is 0.482 e. The summed E-state index contributed by atoms with van der Waals surface area (Å²) in [4.78, 5) is 27.8. The summed E-state index contributed by atoms with van der Waals surface area (Å²) in [5.74, 6) is 0.389. The molecule has 0 saturated heterocycles. The molecule has 0 bridgehead atoms. The fourth-order valence-electron chi connectivity index (χ4n) is 1.99. The van der Waals surface area contributed by atoms with E-state index in [4.69, 9.17) is 4.74 Å². The standard InChI is InChI=1S/C16H17N3O3S/c1-16(2,3)14(21)19-15-18-11(8-23-15)9-4-5-12-10(6-9)17-13(20)7-22-12/h4-6,8H,7H2,1-3H3,(H,17,20)(H,18,19,21). The lowest BCUT2D eigenvalue weighted by Gasteiger charge is -2.18. The van der Waals surface area contributed by atoms with Gasteiger partial charge in [-0.05, 0) is 18.2 Å². The van der Waals surface area contributed by atoms with Crippen LogP contribution in [0.1, 0.15) is 20.8 Å². The van der Waals surface area contributed by atoms with Gasteiger partial charge in [-0.1, -0.05) is 20.8 Å². The maximum Gasteiger partial charge on any atom is 0.262 e. The molecule has 3 rings (SSSR count). The van der Waals surface area contributed by atoms with Gasteiger partial charge < -0.3 is 15.4 Å². The number of fused-ring (bicyclic) bond motifs is 1. The van der Waals surface area contributed by atoms with Gasteiger partial charge in [0.1, 0.15) is 5.75 Å². The molecule has 0 atom stereocenters. The summed E-state index contributed by atoms with van der Waals surface area (Å²) in [6, 6.07) is 5.49. The number of aromatic nitrogens is 1. The van der Waals surface area contributed by atoms with Crippen molar-refractivity contribution in [1.82, 2.24) is 4.98 Å². The molecule has 0 fully saturated rings. The Balaban J connectivity index is 1.82. The van der Waals surface area contributed by atoms with Crippen LogP contribution < -0.4 is 15.4 Å². The van der Waals surface area contributed by atoms with Gasteiger partial charge in [-0.2, -0.15) is 0 Å². The van der Waals surface area contributed by atoms with Gasteiger partial charge >= 0.3 is 0 Å². The number of carbonyl (C=O) groups excluding carboxylic acids is 2. The highest BCUT2D eigenvalue weighted by atomic mass is 32.1. The van der Waals surface area contributed by atoms with Crippen LogP contribution in [-0.4, -0.2) is 23.4 Å². The van der Waals surface area contributed by atoms with Crippen molar-refractivity contribution < 1.29 is 14.3 Å². The van der Waals surface area contributed by atoms with E-state index in [1.807, 2.05) is 38.3 Å². The number of nitrogens with one attached hydrogen (secondary N) is 2. The van der Waals surface area contributed by atoms with E-state index in [2.05, 4.69) is 15.6 Å². The number of benzene rings is 1. The fraction of sp³-hybridized carbons (Fsp3) is 0.312. The Morgan fingerprint density at radius 3 is 2.91 bits per heavy atom. The third-order valence-electron chi connectivity index (χ3n) is 3.31. The average molecular weight is 331 g/mol. The maximum atomic E-state index is 12.0. The molecule has 0 radical (unpaired) electrons. The summed E-state index contributed by atoms with van der Waals surface area (Å²) < 4.78 is 5.34. The van der Waals surface area contributed by atoms with Gasteiger partial charge in [0.2, 0.25) is 5.91 Å². The number of carbonyl (C=O) groups is 2. The topological polar surface area (TPSA) is 80.3 Å². The van der Waals surface area contributed by atoms with Crippen LogP contribution in [0.3, 0.4) is 0 Å². The molecule has 0 spiro atoms. The molecule has 2 N–H and O–H groups in total. The Kier molecular flexibility index (Phi) is 3.81. The van der Waals surface area contributed by atoms with Crippen molar-refractivity contribution in [3.8, 4) is 17.0 Å². The molecule has 1 aromatic carbocycles. The van der Waals surface area contributed by atoms with Crippen molar-refractivity contribution in [3.05, 3.63) is 23.6 Å². The number of hydrogen-bond acceptors (Lipinski definition) is 5. The first kappa shape index (κ1) is 15.5. The lowest BCUT2D eigenvalue weighted by Crippen LogP contribution is -2.27. The second-order valence-electron chi connectivity index (χ2n) is 6.29. The second-order valence-corrected chi connectivity index (χ2v) is 7.15. The Bertz CT molecular complexity index is 777. The predicted molar refractivity (Wildman–Crippen MR) is 89.8 cm³/mol. The van der Waals surface area contributed by atoms with E-state index in [9.17, 15) is 9.59 Å². The van der Waals surface area contributed by atoms with E-state index < -0.39 is 5.41 Å². The Hall–Kier alpha value is -2.41. The van der Waals surface area contributed by atoms with Crippen LogP contribution in [0.15, 0.2) is 23.6 Å². The summed E-state index contributed by atoms with van der Waals surface area (Å²) in [5, 5.41) is 8.01. The molecular formula is C16H17N3O3S. The number of amides is 2. The normalized spacial score (nSPS) is 13.8.